The van der Waals surface area contributed by atoms with Gasteiger partial charge in [0.05, 0.1) is 0 Å². The monoisotopic (exact) mass is 259 g/mol. The number of carboxylic acid groups (broad SMARTS) is 1. The molecule has 1 amide bonds. The lowest BCUT2D eigenvalue weighted by Crippen LogP contribution is -2.59. The number of fused-ring (bicyclic) bond motifs is 3. The molecule has 2 aliphatic carbocycles. The SMILES string of the molecule is O=CNC1(C(=O)O)C2CCC1Cc1ccccc1C2. The van der Waals surface area contributed by atoms with E-state index in [9.17, 15) is 14.7 Å². The van der Waals surface area contributed by atoms with Crippen molar-refractivity contribution in [3.8, 4) is 0 Å². The van der Waals surface area contributed by atoms with Gasteiger partial charge < -0.3 is 10.4 Å². The smallest absolute Gasteiger partial charge is 0.330 e. The summed E-state index contributed by atoms with van der Waals surface area (Å²) in [6, 6.07) is 8.13. The van der Waals surface area contributed by atoms with E-state index in [2.05, 4.69) is 17.4 Å². The molecule has 4 nitrogen and oxygen atoms in total. The van der Waals surface area contributed by atoms with E-state index in [1.165, 1.54) is 11.1 Å². The first-order chi connectivity index (χ1) is 9.18. The maximum atomic E-state index is 11.8. The molecule has 2 aliphatic rings. The van der Waals surface area contributed by atoms with E-state index in [1.54, 1.807) is 0 Å². The number of hydrogen-bond acceptors (Lipinski definition) is 2. The first kappa shape index (κ1) is 12.2. The molecular formula is C15H17NO3. The van der Waals surface area contributed by atoms with E-state index in [0.29, 0.717) is 6.41 Å². The Morgan fingerprint density at radius 3 is 2.16 bits per heavy atom. The van der Waals surface area contributed by atoms with Crippen molar-refractivity contribution in [3.05, 3.63) is 35.4 Å². The Hall–Kier alpha value is -1.84. The molecule has 1 aromatic rings. The number of amides is 1. The molecule has 2 unspecified atom stereocenters. The fourth-order valence-electron chi connectivity index (χ4n) is 3.95. The second kappa shape index (κ2) is 4.37. The van der Waals surface area contributed by atoms with Crippen LogP contribution in [0.15, 0.2) is 24.3 Å². The molecular weight excluding hydrogens is 242 g/mol. The van der Waals surface area contributed by atoms with E-state index in [1.807, 2.05) is 12.1 Å². The largest absolute Gasteiger partial charge is 0.479 e. The minimum Gasteiger partial charge on any atom is -0.479 e. The lowest BCUT2D eigenvalue weighted by molar-refractivity contribution is -0.150. The molecule has 0 spiro atoms. The highest BCUT2D eigenvalue weighted by Gasteiger charge is 2.56. The Bertz CT molecular complexity index is 493. The molecule has 3 rings (SSSR count). The molecule has 4 heteroatoms. The quantitative estimate of drug-likeness (QED) is 0.806. The Morgan fingerprint density at radius 1 is 1.21 bits per heavy atom. The van der Waals surface area contributed by atoms with Gasteiger partial charge in [0.15, 0.2) is 0 Å². The number of benzene rings is 1. The third-order valence-corrected chi connectivity index (χ3v) is 4.85. The van der Waals surface area contributed by atoms with Crippen LogP contribution >= 0.6 is 0 Å². The summed E-state index contributed by atoms with van der Waals surface area (Å²) in [5.41, 5.74) is 1.38. The lowest BCUT2D eigenvalue weighted by atomic mass is 9.79. The summed E-state index contributed by atoms with van der Waals surface area (Å²) < 4.78 is 0. The van der Waals surface area contributed by atoms with Crippen LogP contribution in [0.5, 0.6) is 0 Å². The summed E-state index contributed by atoms with van der Waals surface area (Å²) in [5, 5.41) is 12.3. The van der Waals surface area contributed by atoms with Gasteiger partial charge in [-0.2, -0.15) is 0 Å². The second-order valence-corrected chi connectivity index (χ2v) is 5.58. The fraction of sp³-hybridized carbons (Fsp3) is 0.467. The topological polar surface area (TPSA) is 66.4 Å². The average Bonchev–Trinajstić information content (AvgIpc) is 2.63. The van der Waals surface area contributed by atoms with Crippen molar-refractivity contribution in [1.29, 1.82) is 0 Å². The first-order valence-corrected chi connectivity index (χ1v) is 6.70. The van der Waals surface area contributed by atoms with Gasteiger partial charge >= 0.3 is 5.97 Å². The number of nitrogens with one attached hydrogen (secondary N) is 1. The molecule has 1 saturated carbocycles. The zero-order valence-electron chi connectivity index (χ0n) is 10.6. The van der Waals surface area contributed by atoms with Gasteiger partial charge in [-0.3, -0.25) is 4.79 Å². The average molecular weight is 259 g/mol. The number of hydrogen-bond donors (Lipinski definition) is 2. The minimum absolute atomic E-state index is 0.0103. The first-order valence-electron chi connectivity index (χ1n) is 6.70. The van der Waals surface area contributed by atoms with Gasteiger partial charge in [0.25, 0.3) is 0 Å². The predicted octanol–water partition coefficient (Wildman–Crippen LogP) is 1.38. The molecule has 0 radical (unpaired) electrons. The minimum atomic E-state index is -1.08. The number of carboxylic acids is 1. The Morgan fingerprint density at radius 2 is 1.74 bits per heavy atom. The Kier molecular flexibility index (Phi) is 2.81. The van der Waals surface area contributed by atoms with Crippen LogP contribution in [0, 0.1) is 11.8 Å². The molecule has 1 aromatic carbocycles. The van der Waals surface area contributed by atoms with Gasteiger partial charge in [0.2, 0.25) is 6.41 Å². The molecule has 2 N–H and O–H groups in total. The molecule has 0 saturated heterocycles. The van der Waals surface area contributed by atoms with E-state index in [0.717, 1.165) is 25.7 Å². The summed E-state index contributed by atoms with van der Waals surface area (Å²) in [6.07, 6.45) is 3.76. The van der Waals surface area contributed by atoms with Crippen molar-refractivity contribution in [2.75, 3.05) is 0 Å². The molecule has 2 bridgehead atoms. The van der Waals surface area contributed by atoms with Crippen molar-refractivity contribution in [2.45, 2.75) is 31.2 Å². The lowest BCUT2D eigenvalue weighted by Gasteiger charge is -2.34. The molecule has 0 heterocycles. The van der Waals surface area contributed by atoms with E-state index < -0.39 is 11.5 Å². The van der Waals surface area contributed by atoms with E-state index >= 15 is 0 Å². The predicted molar refractivity (Wildman–Crippen MR) is 69.6 cm³/mol. The van der Waals surface area contributed by atoms with Crippen LogP contribution < -0.4 is 5.32 Å². The number of carbonyl (C=O) groups excluding carboxylic acids is 1. The van der Waals surface area contributed by atoms with Crippen molar-refractivity contribution < 1.29 is 14.7 Å². The summed E-state index contributed by atoms with van der Waals surface area (Å²) in [5.74, 6) is -0.910. The molecule has 2 atom stereocenters. The normalized spacial score (nSPS) is 32.2. The van der Waals surface area contributed by atoms with Gasteiger partial charge in [-0.25, -0.2) is 4.79 Å². The third kappa shape index (κ3) is 1.66. The van der Waals surface area contributed by atoms with Crippen LogP contribution in [0.2, 0.25) is 0 Å². The van der Waals surface area contributed by atoms with Crippen LogP contribution in [0.3, 0.4) is 0 Å². The summed E-state index contributed by atoms with van der Waals surface area (Å²) in [7, 11) is 0. The number of carbonyl (C=O) groups is 2. The highest BCUT2D eigenvalue weighted by atomic mass is 16.4. The second-order valence-electron chi connectivity index (χ2n) is 5.58. The maximum absolute atomic E-state index is 11.8. The van der Waals surface area contributed by atoms with Gasteiger partial charge in [-0.1, -0.05) is 24.3 Å². The Labute approximate surface area is 111 Å². The number of rotatable bonds is 3. The Balaban J connectivity index is 2.07. The van der Waals surface area contributed by atoms with Crippen LogP contribution in [0.4, 0.5) is 0 Å². The van der Waals surface area contributed by atoms with Crippen molar-refractivity contribution >= 4 is 12.4 Å². The van der Waals surface area contributed by atoms with Crippen LogP contribution in [0.1, 0.15) is 24.0 Å². The van der Waals surface area contributed by atoms with Crippen LogP contribution in [-0.4, -0.2) is 23.0 Å². The molecule has 100 valence electrons. The van der Waals surface area contributed by atoms with Crippen molar-refractivity contribution in [2.24, 2.45) is 11.8 Å². The molecule has 1 fully saturated rings. The van der Waals surface area contributed by atoms with E-state index in [-0.39, 0.29) is 11.8 Å². The van der Waals surface area contributed by atoms with E-state index in [4.69, 9.17) is 0 Å². The van der Waals surface area contributed by atoms with Crippen molar-refractivity contribution in [1.82, 2.24) is 5.32 Å². The molecule has 19 heavy (non-hydrogen) atoms. The van der Waals surface area contributed by atoms with Gasteiger partial charge in [0, 0.05) is 0 Å². The zero-order valence-corrected chi connectivity index (χ0v) is 10.6. The summed E-state index contributed by atoms with van der Waals surface area (Å²) >= 11 is 0. The molecule has 0 aromatic heterocycles. The maximum Gasteiger partial charge on any atom is 0.330 e. The standard InChI is InChI=1S/C15H17NO3/c17-9-16-15(14(18)19)12-5-6-13(15)8-11-4-2-1-3-10(11)7-12/h1-4,9,12-13H,5-8H2,(H,16,17)(H,18,19). The van der Waals surface area contributed by atoms with Crippen LogP contribution in [0.25, 0.3) is 0 Å². The zero-order chi connectivity index (χ0) is 13.5. The molecule has 0 aliphatic heterocycles. The van der Waals surface area contributed by atoms with Crippen LogP contribution in [-0.2, 0) is 22.4 Å². The number of aliphatic carboxylic acids is 1. The summed E-state index contributed by atoms with van der Waals surface area (Å²) in [6.45, 7) is 0. The van der Waals surface area contributed by atoms with Crippen molar-refractivity contribution in [3.63, 3.8) is 0 Å². The third-order valence-electron chi connectivity index (χ3n) is 4.85. The fourth-order valence-corrected chi connectivity index (χ4v) is 3.95. The summed E-state index contributed by atoms with van der Waals surface area (Å²) in [4.78, 5) is 22.7. The highest BCUT2D eigenvalue weighted by Crippen LogP contribution is 2.47. The van der Waals surface area contributed by atoms with Gasteiger partial charge in [0.1, 0.15) is 5.54 Å². The van der Waals surface area contributed by atoms with Gasteiger partial charge in [-0.05, 0) is 48.6 Å². The highest BCUT2D eigenvalue weighted by molar-refractivity contribution is 5.83. The van der Waals surface area contributed by atoms with Gasteiger partial charge in [-0.15, -0.1) is 0 Å².